The molecule has 21 heavy (non-hydrogen) atoms. The zero-order valence-electron chi connectivity index (χ0n) is 11.8. The second-order valence-electron chi connectivity index (χ2n) is 4.51. The summed E-state index contributed by atoms with van der Waals surface area (Å²) in [4.78, 5) is 25.9. The van der Waals surface area contributed by atoms with E-state index in [0.29, 0.717) is 17.1 Å². The average molecular weight is 324 g/mol. The average Bonchev–Trinajstić information content (AvgIpc) is 3.09. The molecule has 2 heterocycles. The topological polar surface area (TPSA) is 58.6 Å². The maximum absolute atomic E-state index is 12.0. The molecular formula is C14H16N2O3S2. The summed E-state index contributed by atoms with van der Waals surface area (Å²) in [6, 6.07) is 3.74. The van der Waals surface area contributed by atoms with Crippen LogP contribution in [-0.4, -0.2) is 37.5 Å². The lowest BCUT2D eigenvalue weighted by Crippen LogP contribution is -2.30. The molecular weight excluding hydrogens is 308 g/mol. The Hall–Kier alpha value is -1.70. The Bertz CT molecular complexity index is 608. The predicted molar refractivity (Wildman–Crippen MR) is 84.9 cm³/mol. The van der Waals surface area contributed by atoms with Crippen molar-refractivity contribution in [2.24, 2.45) is 0 Å². The molecule has 2 aromatic heterocycles. The van der Waals surface area contributed by atoms with E-state index in [1.165, 1.54) is 24.0 Å². The van der Waals surface area contributed by atoms with Crippen molar-refractivity contribution in [1.82, 2.24) is 4.90 Å². The van der Waals surface area contributed by atoms with E-state index in [4.69, 9.17) is 0 Å². The lowest BCUT2D eigenvalue weighted by atomic mass is 10.3. The zero-order chi connectivity index (χ0) is 15.2. The van der Waals surface area contributed by atoms with Gasteiger partial charge in [-0.25, -0.2) is 4.79 Å². The van der Waals surface area contributed by atoms with Gasteiger partial charge in [-0.15, -0.1) is 11.3 Å². The number of thiophene rings is 2. The number of nitrogens with one attached hydrogen (secondary N) is 1. The van der Waals surface area contributed by atoms with Gasteiger partial charge in [0.25, 0.3) is 0 Å². The smallest absolute Gasteiger partial charge is 0.350 e. The van der Waals surface area contributed by atoms with Crippen molar-refractivity contribution in [1.29, 1.82) is 0 Å². The maximum atomic E-state index is 12.0. The van der Waals surface area contributed by atoms with Gasteiger partial charge in [0.05, 0.1) is 19.3 Å². The summed E-state index contributed by atoms with van der Waals surface area (Å²) >= 11 is 2.88. The third-order valence-electron chi connectivity index (χ3n) is 2.76. The Balaban J connectivity index is 1.90. The SMILES string of the molecule is COC(=O)c1sccc1NC(=O)CN(C)Cc1ccsc1. The first-order valence-electron chi connectivity index (χ1n) is 6.25. The van der Waals surface area contributed by atoms with E-state index in [-0.39, 0.29) is 12.5 Å². The summed E-state index contributed by atoms with van der Waals surface area (Å²) in [5.74, 6) is -0.594. The number of nitrogens with zero attached hydrogens (tertiary/aromatic N) is 1. The molecule has 1 N–H and O–H groups in total. The quantitative estimate of drug-likeness (QED) is 0.830. The lowest BCUT2D eigenvalue weighted by molar-refractivity contribution is -0.117. The second-order valence-corrected chi connectivity index (χ2v) is 6.20. The molecule has 0 saturated heterocycles. The van der Waals surface area contributed by atoms with Gasteiger partial charge in [-0.3, -0.25) is 9.69 Å². The van der Waals surface area contributed by atoms with Crippen LogP contribution in [0.5, 0.6) is 0 Å². The number of ether oxygens (including phenoxy) is 1. The Morgan fingerprint density at radius 2 is 2.14 bits per heavy atom. The molecule has 0 aromatic carbocycles. The third kappa shape index (κ3) is 4.38. The van der Waals surface area contributed by atoms with Gasteiger partial charge in [-0.1, -0.05) is 0 Å². The van der Waals surface area contributed by atoms with E-state index in [1.807, 2.05) is 23.4 Å². The maximum Gasteiger partial charge on any atom is 0.350 e. The molecule has 0 radical (unpaired) electrons. The first-order chi connectivity index (χ1) is 10.1. The zero-order valence-corrected chi connectivity index (χ0v) is 13.4. The van der Waals surface area contributed by atoms with Crippen LogP contribution in [0.1, 0.15) is 15.2 Å². The summed E-state index contributed by atoms with van der Waals surface area (Å²) in [6.45, 7) is 0.969. The Kier molecular flexibility index (Phi) is 5.49. The number of amides is 1. The summed E-state index contributed by atoms with van der Waals surface area (Å²) in [5, 5.41) is 8.56. The van der Waals surface area contributed by atoms with Gasteiger partial charge in [-0.2, -0.15) is 11.3 Å². The molecule has 0 saturated carbocycles. The van der Waals surface area contributed by atoms with Crippen molar-refractivity contribution in [2.45, 2.75) is 6.54 Å². The fourth-order valence-corrected chi connectivity index (χ4v) is 3.27. The van der Waals surface area contributed by atoms with Gasteiger partial charge in [0.2, 0.25) is 5.91 Å². The van der Waals surface area contributed by atoms with E-state index in [9.17, 15) is 9.59 Å². The van der Waals surface area contributed by atoms with E-state index in [2.05, 4.69) is 15.4 Å². The Labute approximate surface area is 131 Å². The summed E-state index contributed by atoms with van der Waals surface area (Å²) < 4.78 is 4.68. The number of carbonyl (C=O) groups excluding carboxylic acids is 2. The van der Waals surface area contributed by atoms with Crippen LogP contribution in [0.2, 0.25) is 0 Å². The molecule has 112 valence electrons. The monoisotopic (exact) mass is 324 g/mol. The number of carbonyl (C=O) groups is 2. The molecule has 0 unspecified atom stereocenters. The van der Waals surface area contributed by atoms with Crippen LogP contribution >= 0.6 is 22.7 Å². The second kappa shape index (κ2) is 7.35. The molecule has 2 aromatic rings. The summed E-state index contributed by atoms with van der Waals surface area (Å²) in [6.07, 6.45) is 0. The van der Waals surface area contributed by atoms with E-state index in [1.54, 1.807) is 22.8 Å². The standard InChI is InChI=1S/C14H16N2O3S2/c1-16(7-10-3-5-20-9-10)8-12(17)15-11-4-6-21-13(11)14(18)19-2/h3-6,9H,7-8H2,1-2H3,(H,15,17). The number of likely N-dealkylation sites (N-methyl/N-ethyl adjacent to an activating group) is 1. The number of esters is 1. The van der Waals surface area contributed by atoms with E-state index in [0.717, 1.165) is 0 Å². The van der Waals surface area contributed by atoms with Gasteiger partial charge in [0, 0.05) is 6.54 Å². The van der Waals surface area contributed by atoms with Crippen molar-refractivity contribution in [3.63, 3.8) is 0 Å². The number of hydrogen-bond acceptors (Lipinski definition) is 6. The third-order valence-corrected chi connectivity index (χ3v) is 4.38. The normalized spacial score (nSPS) is 10.6. The van der Waals surface area contributed by atoms with Crippen LogP contribution in [0.4, 0.5) is 5.69 Å². The predicted octanol–water partition coefficient (Wildman–Crippen LogP) is 2.67. The number of hydrogen-bond donors (Lipinski definition) is 1. The van der Waals surface area contributed by atoms with Gasteiger partial charge >= 0.3 is 5.97 Å². The molecule has 0 aliphatic carbocycles. The molecule has 7 heteroatoms. The van der Waals surface area contributed by atoms with Crippen LogP contribution < -0.4 is 5.32 Å². The van der Waals surface area contributed by atoms with Crippen molar-refractivity contribution in [3.8, 4) is 0 Å². The van der Waals surface area contributed by atoms with Crippen LogP contribution in [0.15, 0.2) is 28.3 Å². The van der Waals surface area contributed by atoms with Crippen molar-refractivity contribution in [2.75, 3.05) is 26.0 Å². The molecule has 2 rings (SSSR count). The van der Waals surface area contributed by atoms with Gasteiger partial charge in [-0.05, 0) is 40.9 Å². The molecule has 5 nitrogen and oxygen atoms in total. The van der Waals surface area contributed by atoms with Crippen LogP contribution in [0.3, 0.4) is 0 Å². The molecule has 0 fully saturated rings. The van der Waals surface area contributed by atoms with Crippen molar-refractivity contribution < 1.29 is 14.3 Å². The largest absolute Gasteiger partial charge is 0.465 e. The minimum Gasteiger partial charge on any atom is -0.465 e. The number of anilines is 1. The highest BCUT2D eigenvalue weighted by Gasteiger charge is 2.16. The van der Waals surface area contributed by atoms with Crippen molar-refractivity contribution >= 4 is 40.2 Å². The molecule has 0 bridgehead atoms. The first-order valence-corrected chi connectivity index (χ1v) is 8.07. The van der Waals surface area contributed by atoms with Crippen molar-refractivity contribution in [3.05, 3.63) is 38.7 Å². The summed E-state index contributed by atoms with van der Waals surface area (Å²) in [5.41, 5.74) is 1.68. The molecule has 0 aliphatic rings. The minimum atomic E-state index is -0.438. The minimum absolute atomic E-state index is 0.156. The van der Waals surface area contributed by atoms with E-state index >= 15 is 0 Å². The highest BCUT2D eigenvalue weighted by molar-refractivity contribution is 7.12. The van der Waals surface area contributed by atoms with Crippen LogP contribution in [0.25, 0.3) is 0 Å². The van der Waals surface area contributed by atoms with Crippen LogP contribution in [-0.2, 0) is 16.1 Å². The number of rotatable bonds is 6. The molecule has 0 atom stereocenters. The molecule has 1 amide bonds. The highest BCUT2D eigenvalue weighted by atomic mass is 32.1. The lowest BCUT2D eigenvalue weighted by Gasteiger charge is -2.15. The van der Waals surface area contributed by atoms with Crippen LogP contribution in [0, 0.1) is 0 Å². The fourth-order valence-electron chi connectivity index (χ4n) is 1.84. The van der Waals surface area contributed by atoms with E-state index < -0.39 is 5.97 Å². The Morgan fingerprint density at radius 1 is 1.33 bits per heavy atom. The fraction of sp³-hybridized carbons (Fsp3) is 0.286. The first kappa shape index (κ1) is 15.7. The molecule has 0 spiro atoms. The number of methoxy groups -OCH3 is 1. The Morgan fingerprint density at radius 3 is 2.81 bits per heavy atom. The highest BCUT2D eigenvalue weighted by Crippen LogP contribution is 2.23. The van der Waals surface area contributed by atoms with Gasteiger partial charge < -0.3 is 10.1 Å². The van der Waals surface area contributed by atoms with Gasteiger partial charge in [0.1, 0.15) is 4.88 Å². The summed E-state index contributed by atoms with van der Waals surface area (Å²) in [7, 11) is 3.20. The molecule has 0 aliphatic heterocycles. The van der Waals surface area contributed by atoms with Gasteiger partial charge in [0.15, 0.2) is 0 Å².